The Morgan fingerprint density at radius 2 is 1.38 bits per heavy atom. The molecule has 0 unspecified atom stereocenters. The summed E-state index contributed by atoms with van der Waals surface area (Å²) in [6.45, 7) is 11.1. The van der Waals surface area contributed by atoms with Gasteiger partial charge in [-0.15, -0.1) is 0 Å². The number of oxazole rings is 1. The van der Waals surface area contributed by atoms with E-state index in [0.717, 1.165) is 50.4 Å². The molecule has 0 atom stereocenters. The van der Waals surface area contributed by atoms with Crippen LogP contribution < -0.4 is 4.57 Å². The number of hydrogen-bond donors (Lipinski definition) is 0. The van der Waals surface area contributed by atoms with Gasteiger partial charge in [-0.3, -0.25) is 0 Å². The van der Waals surface area contributed by atoms with Crippen LogP contribution >= 0.6 is 0 Å². The molecule has 0 fully saturated rings. The number of nitrogens with zero attached hydrogens (tertiary/aromatic N) is 3. The molecule has 8 rings (SSSR count). The van der Waals surface area contributed by atoms with E-state index in [9.17, 15) is 8.78 Å². The molecule has 0 amide bonds. The smallest absolute Gasteiger partial charge is 0.299 e. The Morgan fingerprint density at radius 1 is 0.723 bits per heavy atom. The van der Waals surface area contributed by atoms with Gasteiger partial charge in [0.05, 0.1) is 7.05 Å². The normalized spacial score (nSPS) is 12.2. The van der Waals surface area contributed by atoms with Crippen molar-refractivity contribution in [3.63, 3.8) is 0 Å². The fraction of sp³-hybridized carbons (Fsp3) is 0.200. The van der Waals surface area contributed by atoms with E-state index in [1.807, 2.05) is 12.1 Å². The predicted molar refractivity (Wildman–Crippen MR) is 183 cm³/mol. The highest BCUT2D eigenvalue weighted by Gasteiger charge is 2.33. The molecule has 234 valence electrons. The van der Waals surface area contributed by atoms with E-state index >= 15 is 0 Å². The molecular formula is C40H34F2N3O2+. The summed E-state index contributed by atoms with van der Waals surface area (Å²) in [7, 11) is 2.11. The molecule has 47 heavy (non-hydrogen) atoms. The maximum atomic E-state index is 14.1. The van der Waals surface area contributed by atoms with Crippen LogP contribution in [0.4, 0.5) is 8.78 Å². The monoisotopic (exact) mass is 626 g/mol. The number of imidazole rings is 1. The number of benzene rings is 5. The van der Waals surface area contributed by atoms with Gasteiger partial charge in [0.25, 0.3) is 5.82 Å². The highest BCUT2D eigenvalue weighted by molar-refractivity contribution is 6.15. The maximum absolute atomic E-state index is 14.1. The lowest BCUT2D eigenvalue weighted by Gasteiger charge is -2.18. The Bertz CT molecular complexity index is 2490. The van der Waals surface area contributed by atoms with Crippen LogP contribution in [0.2, 0.25) is 0 Å². The number of halogens is 2. The Kier molecular flexibility index (Phi) is 6.58. The van der Waals surface area contributed by atoms with Crippen molar-refractivity contribution < 1.29 is 22.2 Å². The number of hydrogen-bond acceptors (Lipinski definition) is 3. The number of fused-ring (bicyclic) bond motifs is 6. The van der Waals surface area contributed by atoms with Gasteiger partial charge in [0.2, 0.25) is 5.89 Å². The molecule has 0 N–H and O–H groups in total. The maximum Gasteiger partial charge on any atom is 0.299 e. The number of aromatic nitrogens is 3. The lowest BCUT2D eigenvalue weighted by molar-refractivity contribution is -0.633. The van der Waals surface area contributed by atoms with Gasteiger partial charge < -0.3 is 8.83 Å². The molecule has 0 aliphatic heterocycles. The van der Waals surface area contributed by atoms with E-state index in [2.05, 4.69) is 110 Å². The third kappa shape index (κ3) is 4.40. The molecule has 0 aliphatic carbocycles. The van der Waals surface area contributed by atoms with Gasteiger partial charge in [0.15, 0.2) is 27.8 Å². The number of aryl methyl sites for hydroxylation is 2. The first-order chi connectivity index (χ1) is 22.6. The molecule has 0 aliphatic rings. The van der Waals surface area contributed by atoms with Crippen LogP contribution in [0.5, 0.6) is 0 Å². The number of furan rings is 1. The molecule has 0 saturated carbocycles. The van der Waals surface area contributed by atoms with E-state index in [4.69, 9.17) is 8.83 Å². The van der Waals surface area contributed by atoms with Gasteiger partial charge in [0, 0.05) is 33.5 Å². The highest BCUT2D eigenvalue weighted by Crippen LogP contribution is 2.43. The summed E-state index contributed by atoms with van der Waals surface area (Å²) < 4.78 is 45.8. The zero-order valence-corrected chi connectivity index (χ0v) is 27.2. The second kappa shape index (κ2) is 10.6. The highest BCUT2D eigenvalue weighted by atomic mass is 19.1. The summed E-state index contributed by atoms with van der Waals surface area (Å²) in [5.41, 5.74) is 10.5. The van der Waals surface area contributed by atoms with Gasteiger partial charge in [-0.1, -0.05) is 70.2 Å². The first-order valence-corrected chi connectivity index (χ1v) is 16.0. The summed E-state index contributed by atoms with van der Waals surface area (Å²) in [6.07, 6.45) is 0. The lowest BCUT2D eigenvalue weighted by Crippen LogP contribution is -2.30. The van der Waals surface area contributed by atoms with E-state index in [1.165, 1.54) is 28.9 Å². The second-order valence-electron chi connectivity index (χ2n) is 13.0. The molecule has 5 nitrogen and oxygen atoms in total. The summed E-state index contributed by atoms with van der Waals surface area (Å²) in [6, 6.07) is 26.5. The zero-order valence-electron chi connectivity index (χ0n) is 27.2. The molecule has 7 heteroatoms. The largest absolute Gasteiger partial charge is 0.451 e. The van der Waals surface area contributed by atoms with Crippen molar-refractivity contribution in [3.8, 4) is 28.5 Å². The van der Waals surface area contributed by atoms with Crippen LogP contribution in [0.3, 0.4) is 0 Å². The molecule has 3 heterocycles. The van der Waals surface area contributed by atoms with Gasteiger partial charge in [-0.2, -0.15) is 4.57 Å². The van der Waals surface area contributed by atoms with Crippen LogP contribution in [0, 0.1) is 18.6 Å². The molecule has 0 radical (unpaired) electrons. The second-order valence-corrected chi connectivity index (χ2v) is 13.0. The minimum atomic E-state index is -0.695. The topological polar surface area (TPSA) is 48.0 Å². The van der Waals surface area contributed by atoms with Crippen LogP contribution in [0.15, 0.2) is 93.8 Å². The van der Waals surface area contributed by atoms with E-state index < -0.39 is 11.6 Å². The third-order valence-corrected chi connectivity index (χ3v) is 9.29. The molecule has 0 bridgehead atoms. The number of rotatable bonds is 5. The van der Waals surface area contributed by atoms with Crippen LogP contribution in [0.25, 0.3) is 72.6 Å². The first-order valence-electron chi connectivity index (χ1n) is 16.0. The van der Waals surface area contributed by atoms with Gasteiger partial charge >= 0.3 is 0 Å². The zero-order chi connectivity index (χ0) is 32.7. The fourth-order valence-corrected chi connectivity index (χ4v) is 7.05. The fourth-order valence-electron chi connectivity index (χ4n) is 7.05. The van der Waals surface area contributed by atoms with Crippen LogP contribution in [0.1, 0.15) is 56.2 Å². The lowest BCUT2D eigenvalue weighted by atomic mass is 9.92. The van der Waals surface area contributed by atoms with Crippen molar-refractivity contribution in [1.29, 1.82) is 0 Å². The first kappa shape index (κ1) is 29.1. The summed E-state index contributed by atoms with van der Waals surface area (Å²) in [4.78, 5) is 4.56. The quantitative estimate of drug-likeness (QED) is 0.179. The number of para-hydroxylation sites is 3. The minimum Gasteiger partial charge on any atom is -0.451 e. The Hall–Kier alpha value is -5.30. The molecular weight excluding hydrogens is 592 g/mol. The minimum absolute atomic E-state index is 0.126. The van der Waals surface area contributed by atoms with Crippen molar-refractivity contribution in [2.75, 3.05) is 0 Å². The van der Waals surface area contributed by atoms with Crippen molar-refractivity contribution in [3.05, 3.63) is 113 Å². The van der Waals surface area contributed by atoms with Crippen molar-refractivity contribution >= 4 is 44.1 Å². The SMILES string of the molecule is Cc1ccc2c(oc3c2ccc2nc(-c4cc(F)cc(F)c4)oc23)c1-c1n(-c2c(C(C)C)cccc2C(C)C)c2ccccc2[n+]1C. The van der Waals surface area contributed by atoms with Crippen molar-refractivity contribution in [1.82, 2.24) is 9.55 Å². The Balaban J connectivity index is 1.47. The molecule has 5 aromatic carbocycles. The third-order valence-electron chi connectivity index (χ3n) is 9.29. The molecule has 3 aromatic heterocycles. The van der Waals surface area contributed by atoms with Gasteiger partial charge in [0.1, 0.15) is 28.4 Å². The summed E-state index contributed by atoms with van der Waals surface area (Å²) >= 11 is 0. The van der Waals surface area contributed by atoms with E-state index in [0.29, 0.717) is 28.5 Å². The van der Waals surface area contributed by atoms with Crippen molar-refractivity contribution in [2.45, 2.75) is 46.5 Å². The predicted octanol–water partition coefficient (Wildman–Crippen LogP) is 10.7. The summed E-state index contributed by atoms with van der Waals surface area (Å²) in [5, 5.41) is 1.81. The van der Waals surface area contributed by atoms with Gasteiger partial charge in [-0.05, 0) is 60.7 Å². The van der Waals surface area contributed by atoms with Crippen molar-refractivity contribution in [2.24, 2.45) is 7.05 Å². The van der Waals surface area contributed by atoms with E-state index in [1.54, 1.807) is 0 Å². The standard InChI is InChI=1S/C40H34F2N3O2/c1-21(2)27-10-9-11-28(22(3)4)35(27)45-33-13-8-7-12-32(33)44(6)40(45)34-23(5)14-15-29-30-16-17-31-38(37(30)46-36(29)34)47-39(43-31)24-18-25(41)20-26(42)19-24/h7-22H,1-6H3/q+1. The molecule has 0 spiro atoms. The summed E-state index contributed by atoms with van der Waals surface area (Å²) in [5.74, 6) is 0.338. The molecule has 0 saturated heterocycles. The Labute approximate surface area is 270 Å². The van der Waals surface area contributed by atoms with Gasteiger partial charge in [-0.25, -0.2) is 18.3 Å². The Morgan fingerprint density at radius 3 is 2.09 bits per heavy atom. The van der Waals surface area contributed by atoms with E-state index in [-0.39, 0.29) is 11.5 Å². The van der Waals surface area contributed by atoms with Crippen LogP contribution in [-0.2, 0) is 7.05 Å². The average molecular weight is 627 g/mol. The molecule has 8 aromatic rings. The average Bonchev–Trinajstić information content (AvgIpc) is 3.72. The van der Waals surface area contributed by atoms with Crippen LogP contribution in [-0.4, -0.2) is 9.55 Å².